The average Bonchev–Trinajstić information content (AvgIpc) is 2.79. The second-order valence-corrected chi connectivity index (χ2v) is 3.99. The quantitative estimate of drug-likeness (QED) is 0.593. The largest absolute Gasteiger partial charge is 0.497 e. The van der Waals surface area contributed by atoms with Crippen LogP contribution >= 0.6 is 0 Å². The zero-order chi connectivity index (χ0) is 12.1. The maximum Gasteiger partial charge on any atom is 0.334 e. The molecule has 0 spiro atoms. The Morgan fingerprint density at radius 2 is 2.24 bits per heavy atom. The van der Waals surface area contributed by atoms with Crippen LogP contribution in [0.2, 0.25) is 0 Å². The third kappa shape index (κ3) is 3.09. The monoisotopic (exact) mass is 232 g/mol. The van der Waals surface area contributed by atoms with E-state index in [9.17, 15) is 4.79 Å². The minimum absolute atomic E-state index is 0.323. The van der Waals surface area contributed by atoms with Crippen LogP contribution in [-0.4, -0.2) is 19.2 Å². The van der Waals surface area contributed by atoms with E-state index >= 15 is 0 Å². The zero-order valence-corrected chi connectivity index (χ0v) is 9.89. The molecule has 1 aromatic carbocycles. The minimum Gasteiger partial charge on any atom is -0.497 e. The van der Waals surface area contributed by atoms with Crippen molar-refractivity contribution in [3.8, 4) is 0 Å². The molecule has 0 saturated carbocycles. The predicted octanol–water partition coefficient (Wildman–Crippen LogP) is 2.64. The number of ether oxygens (including phenoxy) is 2. The van der Waals surface area contributed by atoms with E-state index in [1.54, 1.807) is 6.92 Å². The summed E-state index contributed by atoms with van der Waals surface area (Å²) in [5, 5.41) is 0. The fourth-order valence-corrected chi connectivity index (χ4v) is 1.92. The van der Waals surface area contributed by atoms with E-state index in [0.717, 1.165) is 12.2 Å². The first kappa shape index (κ1) is 11.7. The molecule has 1 saturated heterocycles. The summed E-state index contributed by atoms with van der Waals surface area (Å²) in [4.78, 5) is 11.3. The van der Waals surface area contributed by atoms with Gasteiger partial charge in [-0.05, 0) is 12.5 Å². The van der Waals surface area contributed by atoms with Crippen LogP contribution in [-0.2, 0) is 14.3 Å². The molecule has 3 nitrogen and oxygen atoms in total. The van der Waals surface area contributed by atoms with Crippen LogP contribution in [0.5, 0.6) is 0 Å². The lowest BCUT2D eigenvalue weighted by atomic mass is 9.98. The Bertz CT molecular complexity index is 409. The molecule has 1 aliphatic rings. The highest BCUT2D eigenvalue weighted by atomic mass is 16.5. The molecule has 1 atom stereocenters. The average molecular weight is 232 g/mol. The van der Waals surface area contributed by atoms with Crippen molar-refractivity contribution in [3.05, 3.63) is 47.7 Å². The maximum absolute atomic E-state index is 11.3. The van der Waals surface area contributed by atoms with Crippen molar-refractivity contribution < 1.29 is 14.3 Å². The number of carbonyl (C=O) groups is 1. The van der Waals surface area contributed by atoms with Crippen molar-refractivity contribution in [3.63, 3.8) is 0 Å². The number of rotatable bonds is 3. The second kappa shape index (κ2) is 5.53. The van der Waals surface area contributed by atoms with Gasteiger partial charge in [0.05, 0.1) is 19.3 Å². The molecule has 90 valence electrons. The van der Waals surface area contributed by atoms with Crippen molar-refractivity contribution in [2.45, 2.75) is 19.3 Å². The van der Waals surface area contributed by atoms with Gasteiger partial charge in [0.25, 0.3) is 0 Å². The van der Waals surface area contributed by atoms with Gasteiger partial charge in [0, 0.05) is 12.3 Å². The van der Waals surface area contributed by atoms with Gasteiger partial charge in [0.2, 0.25) is 0 Å². The highest BCUT2D eigenvalue weighted by molar-refractivity contribution is 5.82. The molecule has 3 heteroatoms. The van der Waals surface area contributed by atoms with Gasteiger partial charge in [-0.2, -0.15) is 0 Å². The van der Waals surface area contributed by atoms with Crippen molar-refractivity contribution in [1.29, 1.82) is 0 Å². The van der Waals surface area contributed by atoms with Gasteiger partial charge < -0.3 is 9.47 Å². The van der Waals surface area contributed by atoms with Gasteiger partial charge in [-0.3, -0.25) is 0 Å². The van der Waals surface area contributed by atoms with Gasteiger partial charge >= 0.3 is 5.97 Å². The second-order valence-electron chi connectivity index (χ2n) is 3.99. The summed E-state index contributed by atoms with van der Waals surface area (Å²) in [6, 6.07) is 10.2. The number of hydrogen-bond donors (Lipinski definition) is 0. The molecule has 1 aliphatic heterocycles. The molecule has 1 unspecified atom stereocenters. The van der Waals surface area contributed by atoms with Crippen LogP contribution in [0, 0.1) is 0 Å². The van der Waals surface area contributed by atoms with Gasteiger partial charge in [-0.25, -0.2) is 4.79 Å². The molecule has 0 amide bonds. The Morgan fingerprint density at radius 3 is 2.94 bits per heavy atom. The number of benzene rings is 1. The summed E-state index contributed by atoms with van der Waals surface area (Å²) < 4.78 is 10.3. The molecule has 17 heavy (non-hydrogen) atoms. The van der Waals surface area contributed by atoms with Crippen LogP contribution in [0.25, 0.3) is 0 Å². The summed E-state index contributed by atoms with van der Waals surface area (Å²) in [5.74, 6) is 0.741. The highest BCUT2D eigenvalue weighted by Gasteiger charge is 2.23. The van der Waals surface area contributed by atoms with Gasteiger partial charge in [-0.1, -0.05) is 30.3 Å². The van der Waals surface area contributed by atoms with Gasteiger partial charge in [0.1, 0.15) is 5.76 Å². The Labute approximate surface area is 101 Å². The molecule has 2 rings (SSSR count). The summed E-state index contributed by atoms with van der Waals surface area (Å²) in [7, 11) is 0. The van der Waals surface area contributed by atoms with E-state index in [4.69, 9.17) is 9.47 Å². The van der Waals surface area contributed by atoms with E-state index in [0.29, 0.717) is 19.1 Å². The maximum atomic E-state index is 11.3. The Kier molecular flexibility index (Phi) is 3.81. The number of allylic oxidation sites excluding steroid dienone is 1. The molecular weight excluding hydrogens is 216 g/mol. The number of carbonyl (C=O) groups excluding carboxylic acids is 1. The van der Waals surface area contributed by atoms with Crippen LogP contribution in [0.3, 0.4) is 0 Å². The molecule has 0 aliphatic carbocycles. The van der Waals surface area contributed by atoms with E-state index in [1.807, 2.05) is 18.2 Å². The molecular formula is C14H16O3. The summed E-state index contributed by atoms with van der Waals surface area (Å²) in [6.07, 6.45) is 2.22. The zero-order valence-electron chi connectivity index (χ0n) is 9.89. The third-order valence-corrected chi connectivity index (χ3v) is 2.75. The van der Waals surface area contributed by atoms with E-state index in [1.165, 1.54) is 11.6 Å². The Morgan fingerprint density at radius 1 is 1.47 bits per heavy atom. The van der Waals surface area contributed by atoms with Crippen LogP contribution in [0.4, 0.5) is 0 Å². The molecule has 0 N–H and O–H groups in total. The molecule has 0 radical (unpaired) electrons. The lowest BCUT2D eigenvalue weighted by Gasteiger charge is -2.04. The standard InChI is InChI=1S/C14H16O3/c1-2-16-14(15)9-13-8-12(10-17-13)11-6-4-3-5-7-11/h3-7,9,12H,2,8,10H2,1H3/b13-9-. The molecule has 0 aromatic heterocycles. The van der Waals surface area contributed by atoms with Crippen LogP contribution < -0.4 is 0 Å². The number of hydrogen-bond acceptors (Lipinski definition) is 3. The molecule has 1 fully saturated rings. The fraction of sp³-hybridized carbons (Fsp3) is 0.357. The normalized spacial score (nSPS) is 21.2. The topological polar surface area (TPSA) is 35.5 Å². The minimum atomic E-state index is -0.323. The smallest absolute Gasteiger partial charge is 0.334 e. The summed E-state index contributed by atoms with van der Waals surface area (Å²) >= 11 is 0. The van der Waals surface area contributed by atoms with Gasteiger partial charge in [-0.15, -0.1) is 0 Å². The number of esters is 1. The van der Waals surface area contributed by atoms with E-state index < -0.39 is 0 Å². The van der Waals surface area contributed by atoms with Crippen LogP contribution in [0.15, 0.2) is 42.2 Å². The predicted molar refractivity (Wildman–Crippen MR) is 64.5 cm³/mol. The fourth-order valence-electron chi connectivity index (χ4n) is 1.92. The lowest BCUT2D eigenvalue weighted by Crippen LogP contribution is -2.00. The highest BCUT2D eigenvalue weighted by Crippen LogP contribution is 2.31. The van der Waals surface area contributed by atoms with Crippen molar-refractivity contribution in [1.82, 2.24) is 0 Å². The molecule has 1 heterocycles. The first-order chi connectivity index (χ1) is 8.29. The van der Waals surface area contributed by atoms with Crippen LogP contribution in [0.1, 0.15) is 24.8 Å². The van der Waals surface area contributed by atoms with Crippen molar-refractivity contribution in [2.24, 2.45) is 0 Å². The summed E-state index contributed by atoms with van der Waals surface area (Å²) in [6.45, 7) is 2.82. The molecule has 1 aromatic rings. The first-order valence-electron chi connectivity index (χ1n) is 5.84. The van der Waals surface area contributed by atoms with E-state index in [-0.39, 0.29) is 5.97 Å². The summed E-state index contributed by atoms with van der Waals surface area (Å²) in [5.41, 5.74) is 1.25. The Balaban J connectivity index is 1.98. The Hall–Kier alpha value is -1.77. The lowest BCUT2D eigenvalue weighted by molar-refractivity contribution is -0.137. The van der Waals surface area contributed by atoms with Crippen molar-refractivity contribution >= 4 is 5.97 Å². The molecule has 0 bridgehead atoms. The first-order valence-corrected chi connectivity index (χ1v) is 5.84. The third-order valence-electron chi connectivity index (χ3n) is 2.75. The SMILES string of the molecule is CCOC(=O)/C=C1/CC(c2ccccc2)CO1. The van der Waals surface area contributed by atoms with E-state index in [2.05, 4.69) is 12.1 Å². The van der Waals surface area contributed by atoms with Crippen molar-refractivity contribution in [2.75, 3.05) is 13.2 Å². The van der Waals surface area contributed by atoms with Gasteiger partial charge in [0.15, 0.2) is 0 Å².